The molecule has 1 atom stereocenters. The highest BCUT2D eigenvalue weighted by molar-refractivity contribution is 5.24. The zero-order valence-corrected chi connectivity index (χ0v) is 12.3. The molecule has 0 spiro atoms. The van der Waals surface area contributed by atoms with Gasteiger partial charge in [-0.1, -0.05) is 35.0 Å². The summed E-state index contributed by atoms with van der Waals surface area (Å²) in [6.07, 6.45) is 4.53. The molecule has 1 aliphatic carbocycles. The number of aromatic nitrogens is 2. The standard InChI is InChI=1S/C16H21N3O2/c1-11-4-2-5-12(8-11)9-15-18-16(19-21-15)14(17)10-20-13-6-3-7-13/h2,4-5,8,13-14H,3,6-7,9-10,17H2,1H3. The van der Waals surface area contributed by atoms with Crippen LogP contribution in [0.4, 0.5) is 0 Å². The van der Waals surface area contributed by atoms with E-state index in [0.29, 0.717) is 30.8 Å². The molecule has 2 N–H and O–H groups in total. The lowest BCUT2D eigenvalue weighted by Gasteiger charge is -2.26. The van der Waals surface area contributed by atoms with E-state index in [1.807, 2.05) is 6.07 Å². The Labute approximate surface area is 124 Å². The van der Waals surface area contributed by atoms with Gasteiger partial charge in [0, 0.05) is 0 Å². The van der Waals surface area contributed by atoms with Crippen molar-refractivity contribution in [1.82, 2.24) is 10.1 Å². The number of hydrogen-bond donors (Lipinski definition) is 1. The molecule has 3 rings (SSSR count). The topological polar surface area (TPSA) is 74.2 Å². The van der Waals surface area contributed by atoms with Crippen molar-refractivity contribution in [3.05, 3.63) is 47.1 Å². The van der Waals surface area contributed by atoms with E-state index in [4.69, 9.17) is 15.0 Å². The van der Waals surface area contributed by atoms with E-state index in [-0.39, 0.29) is 6.04 Å². The lowest BCUT2D eigenvalue weighted by atomic mass is 9.96. The molecule has 1 aliphatic rings. The van der Waals surface area contributed by atoms with E-state index in [9.17, 15) is 0 Å². The highest BCUT2D eigenvalue weighted by atomic mass is 16.5. The van der Waals surface area contributed by atoms with E-state index in [0.717, 1.165) is 18.4 Å². The summed E-state index contributed by atoms with van der Waals surface area (Å²) in [4.78, 5) is 4.37. The largest absolute Gasteiger partial charge is 0.376 e. The maximum absolute atomic E-state index is 6.04. The van der Waals surface area contributed by atoms with E-state index in [1.54, 1.807) is 0 Å². The zero-order chi connectivity index (χ0) is 14.7. The molecule has 1 fully saturated rings. The second-order valence-corrected chi connectivity index (χ2v) is 5.70. The van der Waals surface area contributed by atoms with Crippen LogP contribution in [0.25, 0.3) is 0 Å². The van der Waals surface area contributed by atoms with Gasteiger partial charge in [-0.05, 0) is 31.7 Å². The predicted octanol–water partition coefficient (Wildman–Crippen LogP) is 2.54. The lowest BCUT2D eigenvalue weighted by molar-refractivity contribution is -0.00549. The van der Waals surface area contributed by atoms with Gasteiger partial charge in [-0.15, -0.1) is 0 Å². The molecule has 2 aromatic rings. The molecule has 1 unspecified atom stereocenters. The summed E-state index contributed by atoms with van der Waals surface area (Å²) < 4.78 is 11.0. The van der Waals surface area contributed by atoms with E-state index in [1.165, 1.54) is 12.0 Å². The third-order valence-electron chi connectivity index (χ3n) is 3.82. The van der Waals surface area contributed by atoms with Crippen molar-refractivity contribution in [2.75, 3.05) is 6.61 Å². The first-order chi connectivity index (χ1) is 10.2. The Morgan fingerprint density at radius 2 is 2.29 bits per heavy atom. The SMILES string of the molecule is Cc1cccc(Cc2nc(C(N)COC3CCC3)no2)c1. The van der Waals surface area contributed by atoms with Gasteiger partial charge in [-0.2, -0.15) is 4.98 Å². The molecular weight excluding hydrogens is 266 g/mol. The molecule has 1 saturated carbocycles. The van der Waals surface area contributed by atoms with Gasteiger partial charge in [-0.3, -0.25) is 0 Å². The third kappa shape index (κ3) is 3.68. The zero-order valence-electron chi connectivity index (χ0n) is 12.3. The molecule has 0 saturated heterocycles. The Hall–Kier alpha value is -1.72. The van der Waals surface area contributed by atoms with Gasteiger partial charge in [-0.25, -0.2) is 0 Å². The fraction of sp³-hybridized carbons (Fsp3) is 0.500. The Morgan fingerprint density at radius 3 is 3.00 bits per heavy atom. The van der Waals surface area contributed by atoms with Gasteiger partial charge in [0.05, 0.1) is 25.2 Å². The molecule has 1 aromatic carbocycles. The van der Waals surface area contributed by atoms with Crippen LogP contribution in [0.1, 0.15) is 48.1 Å². The maximum atomic E-state index is 6.04. The molecule has 112 valence electrons. The van der Waals surface area contributed by atoms with Crippen LogP contribution in [-0.4, -0.2) is 22.9 Å². The summed E-state index contributed by atoms with van der Waals surface area (Å²) in [6.45, 7) is 2.52. The smallest absolute Gasteiger partial charge is 0.231 e. The van der Waals surface area contributed by atoms with Crippen molar-refractivity contribution >= 4 is 0 Å². The molecule has 0 aliphatic heterocycles. The summed E-state index contributed by atoms with van der Waals surface area (Å²) in [6, 6.07) is 7.94. The maximum Gasteiger partial charge on any atom is 0.231 e. The summed E-state index contributed by atoms with van der Waals surface area (Å²) >= 11 is 0. The van der Waals surface area contributed by atoms with Gasteiger partial charge >= 0.3 is 0 Å². The van der Waals surface area contributed by atoms with Crippen molar-refractivity contribution < 1.29 is 9.26 Å². The first-order valence-electron chi connectivity index (χ1n) is 7.46. The van der Waals surface area contributed by atoms with Gasteiger partial charge in [0.15, 0.2) is 5.82 Å². The first-order valence-corrected chi connectivity index (χ1v) is 7.46. The number of aryl methyl sites for hydroxylation is 1. The fourth-order valence-electron chi connectivity index (χ4n) is 2.34. The molecule has 5 heteroatoms. The quantitative estimate of drug-likeness (QED) is 0.883. The fourth-order valence-corrected chi connectivity index (χ4v) is 2.34. The molecule has 0 amide bonds. The highest BCUT2D eigenvalue weighted by Gasteiger charge is 2.21. The number of benzene rings is 1. The summed E-state index contributed by atoms with van der Waals surface area (Å²) in [5.41, 5.74) is 8.42. The number of hydrogen-bond acceptors (Lipinski definition) is 5. The highest BCUT2D eigenvalue weighted by Crippen LogP contribution is 2.23. The average molecular weight is 287 g/mol. The Bertz CT molecular complexity index is 593. The lowest BCUT2D eigenvalue weighted by Crippen LogP contribution is -2.27. The molecule has 1 aromatic heterocycles. The average Bonchev–Trinajstić information content (AvgIpc) is 2.85. The van der Waals surface area contributed by atoms with Crippen molar-refractivity contribution in [3.8, 4) is 0 Å². The summed E-state index contributed by atoms with van der Waals surface area (Å²) in [5, 5.41) is 3.97. The van der Waals surface area contributed by atoms with Gasteiger partial charge < -0.3 is 15.0 Å². The Morgan fingerprint density at radius 1 is 1.43 bits per heavy atom. The van der Waals surface area contributed by atoms with E-state index >= 15 is 0 Å². The van der Waals surface area contributed by atoms with Crippen LogP contribution < -0.4 is 5.73 Å². The van der Waals surface area contributed by atoms with Crippen LogP contribution in [-0.2, 0) is 11.2 Å². The van der Waals surface area contributed by atoms with E-state index in [2.05, 4.69) is 35.3 Å². The minimum Gasteiger partial charge on any atom is -0.376 e. The van der Waals surface area contributed by atoms with Crippen LogP contribution in [0.15, 0.2) is 28.8 Å². The van der Waals surface area contributed by atoms with Crippen molar-refractivity contribution in [1.29, 1.82) is 0 Å². The van der Waals surface area contributed by atoms with Crippen LogP contribution in [0, 0.1) is 6.92 Å². The second kappa shape index (κ2) is 6.37. The third-order valence-corrected chi connectivity index (χ3v) is 3.82. The van der Waals surface area contributed by atoms with Crippen molar-refractivity contribution in [3.63, 3.8) is 0 Å². The van der Waals surface area contributed by atoms with Crippen LogP contribution >= 0.6 is 0 Å². The monoisotopic (exact) mass is 287 g/mol. The molecule has 21 heavy (non-hydrogen) atoms. The molecule has 5 nitrogen and oxygen atoms in total. The molecular formula is C16H21N3O2. The van der Waals surface area contributed by atoms with Crippen molar-refractivity contribution in [2.24, 2.45) is 5.73 Å². The number of nitrogens with two attached hydrogens (primary N) is 1. The van der Waals surface area contributed by atoms with E-state index < -0.39 is 0 Å². The molecule has 1 heterocycles. The summed E-state index contributed by atoms with van der Waals surface area (Å²) in [7, 11) is 0. The Kier molecular flexibility index (Phi) is 4.31. The minimum absolute atomic E-state index is 0.319. The summed E-state index contributed by atoms with van der Waals surface area (Å²) in [5.74, 6) is 1.12. The van der Waals surface area contributed by atoms with Crippen LogP contribution in [0.5, 0.6) is 0 Å². The first kappa shape index (κ1) is 14.2. The predicted molar refractivity (Wildman–Crippen MR) is 78.8 cm³/mol. The molecule has 0 radical (unpaired) electrons. The number of nitrogens with zero attached hydrogens (tertiary/aromatic N) is 2. The second-order valence-electron chi connectivity index (χ2n) is 5.70. The van der Waals surface area contributed by atoms with Crippen LogP contribution in [0.3, 0.4) is 0 Å². The van der Waals surface area contributed by atoms with Gasteiger partial charge in [0.2, 0.25) is 5.89 Å². The normalized spacial score (nSPS) is 16.7. The molecule has 0 bridgehead atoms. The Balaban J connectivity index is 1.57. The number of ether oxygens (including phenoxy) is 1. The minimum atomic E-state index is -0.319. The van der Waals surface area contributed by atoms with Crippen molar-refractivity contribution in [2.45, 2.75) is 44.8 Å². The van der Waals surface area contributed by atoms with Gasteiger partial charge in [0.25, 0.3) is 0 Å². The van der Waals surface area contributed by atoms with Crippen LogP contribution in [0.2, 0.25) is 0 Å². The van der Waals surface area contributed by atoms with Gasteiger partial charge in [0.1, 0.15) is 0 Å². The number of rotatable bonds is 6.